The quantitative estimate of drug-likeness (QED) is 0.429. The van der Waals surface area contributed by atoms with E-state index in [4.69, 9.17) is 14.3 Å². The van der Waals surface area contributed by atoms with Crippen molar-refractivity contribution in [2.45, 2.75) is 13.0 Å². The van der Waals surface area contributed by atoms with Crippen molar-refractivity contribution in [3.05, 3.63) is 76.7 Å². The fourth-order valence-electron chi connectivity index (χ4n) is 2.21. The van der Waals surface area contributed by atoms with Gasteiger partial charge >= 0.3 is 0 Å². The number of hydrogen-bond acceptors (Lipinski definition) is 6. The van der Waals surface area contributed by atoms with Gasteiger partial charge in [0, 0.05) is 5.38 Å². The number of rotatable bonds is 10. The maximum absolute atomic E-state index is 11.9. The molecule has 140 valence electrons. The Balaban J connectivity index is 1.32. The molecule has 1 heterocycles. The Kier molecular flexibility index (Phi) is 7.20. The highest BCUT2D eigenvalue weighted by atomic mass is 32.1. The molecule has 2 aromatic carbocycles. The smallest absolute Gasteiger partial charge is 0.249 e. The van der Waals surface area contributed by atoms with E-state index in [0.29, 0.717) is 18.9 Å². The van der Waals surface area contributed by atoms with Gasteiger partial charge in [-0.05, 0) is 24.3 Å². The van der Waals surface area contributed by atoms with Crippen molar-refractivity contribution < 1.29 is 19.1 Å². The van der Waals surface area contributed by atoms with Gasteiger partial charge in [0.15, 0.2) is 0 Å². The molecule has 0 radical (unpaired) electrons. The van der Waals surface area contributed by atoms with Gasteiger partial charge in [0.2, 0.25) is 5.91 Å². The number of aromatic nitrogens is 1. The van der Waals surface area contributed by atoms with E-state index in [2.05, 4.69) is 10.5 Å². The van der Waals surface area contributed by atoms with Gasteiger partial charge in [0.05, 0.1) is 12.1 Å². The monoisotopic (exact) mass is 384 g/mol. The molecule has 0 aliphatic carbocycles. The Hall–Kier alpha value is -2.90. The summed E-state index contributed by atoms with van der Waals surface area (Å²) in [6.45, 7) is 0.986. The minimum atomic E-state index is -0.254. The number of hydrogen-bond donors (Lipinski definition) is 1. The summed E-state index contributed by atoms with van der Waals surface area (Å²) in [5, 5.41) is 2.67. The van der Waals surface area contributed by atoms with Crippen molar-refractivity contribution in [1.29, 1.82) is 0 Å². The van der Waals surface area contributed by atoms with Crippen LogP contribution in [-0.2, 0) is 22.7 Å². The third kappa shape index (κ3) is 6.73. The second kappa shape index (κ2) is 10.3. The van der Waals surface area contributed by atoms with Crippen molar-refractivity contribution >= 4 is 17.2 Å². The van der Waals surface area contributed by atoms with Crippen LogP contribution in [0.1, 0.15) is 10.7 Å². The molecule has 0 saturated heterocycles. The highest BCUT2D eigenvalue weighted by Crippen LogP contribution is 2.15. The van der Waals surface area contributed by atoms with Gasteiger partial charge in [0.1, 0.15) is 36.3 Å². The third-order valence-corrected chi connectivity index (χ3v) is 4.30. The van der Waals surface area contributed by atoms with Gasteiger partial charge in [-0.25, -0.2) is 10.5 Å². The Morgan fingerprint density at radius 2 is 1.59 bits per heavy atom. The third-order valence-electron chi connectivity index (χ3n) is 3.43. The van der Waals surface area contributed by atoms with Crippen LogP contribution in [0.15, 0.2) is 66.0 Å². The van der Waals surface area contributed by atoms with Crippen molar-refractivity contribution in [2.24, 2.45) is 0 Å². The average Bonchev–Trinajstić information content (AvgIpc) is 3.15. The molecule has 0 fully saturated rings. The summed E-state index contributed by atoms with van der Waals surface area (Å²) in [6, 6.07) is 19.0. The molecule has 7 heteroatoms. The summed E-state index contributed by atoms with van der Waals surface area (Å²) in [5.41, 5.74) is 3.09. The number of carbonyl (C=O) groups excluding carboxylic acids is 1. The van der Waals surface area contributed by atoms with Crippen LogP contribution in [0.25, 0.3) is 0 Å². The summed E-state index contributed by atoms with van der Waals surface area (Å²) >= 11 is 1.46. The zero-order valence-corrected chi connectivity index (χ0v) is 15.5. The van der Waals surface area contributed by atoms with Crippen molar-refractivity contribution in [2.75, 3.05) is 13.2 Å². The molecule has 3 rings (SSSR count). The maximum Gasteiger partial charge on any atom is 0.249 e. The lowest BCUT2D eigenvalue weighted by molar-refractivity contribution is -0.133. The van der Waals surface area contributed by atoms with Crippen LogP contribution in [-0.4, -0.2) is 24.1 Å². The minimum absolute atomic E-state index is 0.154. The van der Waals surface area contributed by atoms with Gasteiger partial charge in [0.25, 0.3) is 0 Å². The van der Waals surface area contributed by atoms with Crippen LogP contribution in [0.5, 0.6) is 11.5 Å². The van der Waals surface area contributed by atoms with Crippen molar-refractivity contribution in [3.8, 4) is 11.5 Å². The molecule has 0 atom stereocenters. The summed E-state index contributed by atoms with van der Waals surface area (Å²) in [4.78, 5) is 21.4. The molecule has 0 spiro atoms. The first-order valence-corrected chi connectivity index (χ1v) is 9.37. The van der Waals surface area contributed by atoms with Gasteiger partial charge in [-0.2, -0.15) is 0 Å². The first-order chi connectivity index (χ1) is 13.3. The van der Waals surface area contributed by atoms with Crippen LogP contribution in [0, 0.1) is 0 Å². The number of thiazole rings is 1. The highest BCUT2D eigenvalue weighted by molar-refractivity contribution is 7.09. The molecule has 0 unspecified atom stereocenters. The van der Waals surface area contributed by atoms with Gasteiger partial charge < -0.3 is 9.47 Å². The zero-order chi connectivity index (χ0) is 18.7. The lowest BCUT2D eigenvalue weighted by atomic mass is 10.3. The molecule has 0 aliphatic heterocycles. The molecule has 1 aromatic heterocycles. The Bertz CT molecular complexity index is 824. The number of benzene rings is 2. The molecule has 0 saturated carbocycles. The fraction of sp³-hybridized carbons (Fsp3) is 0.200. The van der Waals surface area contributed by atoms with E-state index in [1.807, 2.05) is 66.0 Å². The van der Waals surface area contributed by atoms with Crippen molar-refractivity contribution in [3.63, 3.8) is 0 Å². The number of nitrogens with zero attached hydrogens (tertiary/aromatic N) is 1. The standard InChI is InChI=1S/C20H20N2O4S/c23-19(22-26-12-11-24-17-7-3-1-4-8-17)13-16-15-27-20(21-16)14-25-18-9-5-2-6-10-18/h1-10,15H,11-14H2,(H,22,23). The van der Waals surface area contributed by atoms with Crippen molar-refractivity contribution in [1.82, 2.24) is 10.5 Å². The minimum Gasteiger partial charge on any atom is -0.491 e. The van der Waals surface area contributed by atoms with E-state index < -0.39 is 0 Å². The summed E-state index contributed by atoms with van der Waals surface area (Å²) in [6.07, 6.45) is 0.154. The number of carbonyl (C=O) groups is 1. The number of hydroxylamine groups is 1. The predicted octanol–water partition coefficient (Wildman–Crippen LogP) is 3.39. The maximum atomic E-state index is 11.9. The SMILES string of the molecule is O=C(Cc1csc(COc2ccccc2)n1)NOCCOc1ccccc1. The summed E-state index contributed by atoms with van der Waals surface area (Å²) < 4.78 is 11.1. The van der Waals surface area contributed by atoms with E-state index >= 15 is 0 Å². The predicted molar refractivity (Wildman–Crippen MR) is 103 cm³/mol. The van der Waals surface area contributed by atoms with Gasteiger partial charge in [-0.15, -0.1) is 11.3 Å². The summed E-state index contributed by atoms with van der Waals surface area (Å²) in [7, 11) is 0. The topological polar surface area (TPSA) is 69.7 Å². The average molecular weight is 384 g/mol. The first-order valence-electron chi connectivity index (χ1n) is 8.49. The number of nitrogens with one attached hydrogen (secondary N) is 1. The zero-order valence-electron chi connectivity index (χ0n) is 14.7. The molecule has 3 aromatic rings. The van der Waals surface area contributed by atoms with E-state index in [1.54, 1.807) is 0 Å². The largest absolute Gasteiger partial charge is 0.491 e. The molecule has 1 amide bonds. The second-order valence-electron chi connectivity index (χ2n) is 5.55. The number of amides is 1. The molecular weight excluding hydrogens is 364 g/mol. The molecule has 1 N–H and O–H groups in total. The van der Waals surface area contributed by atoms with Crippen LogP contribution >= 0.6 is 11.3 Å². The summed E-state index contributed by atoms with van der Waals surface area (Å²) in [5.74, 6) is 1.30. The highest BCUT2D eigenvalue weighted by Gasteiger charge is 2.08. The molecule has 0 bridgehead atoms. The molecule has 6 nitrogen and oxygen atoms in total. The Morgan fingerprint density at radius 3 is 2.30 bits per heavy atom. The van der Waals surface area contributed by atoms with E-state index in [0.717, 1.165) is 16.5 Å². The second-order valence-corrected chi connectivity index (χ2v) is 6.49. The van der Waals surface area contributed by atoms with Crippen LogP contribution in [0.3, 0.4) is 0 Å². The molecule has 27 heavy (non-hydrogen) atoms. The van der Waals surface area contributed by atoms with Crippen LogP contribution in [0.4, 0.5) is 0 Å². The molecule has 0 aliphatic rings. The lowest BCUT2D eigenvalue weighted by Crippen LogP contribution is -2.27. The Morgan fingerprint density at radius 1 is 0.926 bits per heavy atom. The van der Waals surface area contributed by atoms with Crippen LogP contribution < -0.4 is 15.0 Å². The molecular formula is C20H20N2O4S. The lowest BCUT2D eigenvalue weighted by Gasteiger charge is -2.07. The van der Waals surface area contributed by atoms with Gasteiger partial charge in [-0.1, -0.05) is 36.4 Å². The number of para-hydroxylation sites is 2. The normalized spacial score (nSPS) is 10.4. The number of ether oxygens (including phenoxy) is 2. The van der Waals surface area contributed by atoms with Crippen LogP contribution in [0.2, 0.25) is 0 Å². The van der Waals surface area contributed by atoms with E-state index in [9.17, 15) is 4.79 Å². The Labute approximate surface area is 161 Å². The van der Waals surface area contributed by atoms with E-state index in [1.165, 1.54) is 11.3 Å². The van der Waals surface area contributed by atoms with E-state index in [-0.39, 0.29) is 18.9 Å². The first kappa shape index (κ1) is 18.9. The van der Waals surface area contributed by atoms with Gasteiger partial charge in [-0.3, -0.25) is 9.63 Å². The fourth-order valence-corrected chi connectivity index (χ4v) is 2.91.